The summed E-state index contributed by atoms with van der Waals surface area (Å²) >= 11 is 0. The van der Waals surface area contributed by atoms with Crippen LogP contribution in [0.25, 0.3) is 0 Å². The molecule has 24 heavy (non-hydrogen) atoms. The van der Waals surface area contributed by atoms with E-state index in [0.29, 0.717) is 34.1 Å². The molecule has 0 unspecified atom stereocenters. The number of aryl methyl sites for hydroxylation is 2. The molecule has 0 radical (unpaired) electrons. The number of ether oxygens (including phenoxy) is 3. The van der Waals surface area contributed by atoms with Gasteiger partial charge in [0.15, 0.2) is 6.61 Å². The summed E-state index contributed by atoms with van der Waals surface area (Å²) in [6.07, 6.45) is 0.00366. The maximum absolute atomic E-state index is 12.3. The van der Waals surface area contributed by atoms with Gasteiger partial charge in [-0.3, -0.25) is 9.59 Å². The molecular weight excluding hydrogens is 314 g/mol. The molecule has 2 aromatic rings. The van der Waals surface area contributed by atoms with Crippen LogP contribution in [0.2, 0.25) is 0 Å². The zero-order valence-electron chi connectivity index (χ0n) is 14.0. The molecule has 7 heteroatoms. The standard InChI is InChI=1S/C17H19NO6/c1-10-13(11(2)24-18-10)8-17(20)23-9-15(19)14-7-12(21-3)5-6-16(14)22-4/h5-7H,8-9H2,1-4H3. The number of methoxy groups -OCH3 is 2. The first-order valence-corrected chi connectivity index (χ1v) is 7.28. The number of hydrogen-bond donors (Lipinski definition) is 0. The Kier molecular flexibility index (Phi) is 5.57. The van der Waals surface area contributed by atoms with E-state index in [9.17, 15) is 9.59 Å². The molecule has 0 aliphatic carbocycles. The molecule has 1 aromatic heterocycles. The van der Waals surface area contributed by atoms with E-state index in [2.05, 4.69) is 5.16 Å². The number of nitrogens with zero attached hydrogens (tertiary/aromatic N) is 1. The minimum absolute atomic E-state index is 0.00366. The lowest BCUT2D eigenvalue weighted by Gasteiger charge is -2.10. The van der Waals surface area contributed by atoms with E-state index in [4.69, 9.17) is 18.7 Å². The second-order valence-electron chi connectivity index (χ2n) is 5.13. The van der Waals surface area contributed by atoms with Crippen LogP contribution in [0.15, 0.2) is 22.7 Å². The topological polar surface area (TPSA) is 87.9 Å². The Bertz CT molecular complexity index is 730. The van der Waals surface area contributed by atoms with Crippen LogP contribution in [0.4, 0.5) is 0 Å². The number of rotatable bonds is 7. The van der Waals surface area contributed by atoms with Crippen LogP contribution in [0.1, 0.15) is 27.4 Å². The highest BCUT2D eigenvalue weighted by molar-refractivity contribution is 6.00. The van der Waals surface area contributed by atoms with Gasteiger partial charge < -0.3 is 18.7 Å². The van der Waals surface area contributed by atoms with Crippen LogP contribution < -0.4 is 9.47 Å². The minimum Gasteiger partial charge on any atom is -0.497 e. The van der Waals surface area contributed by atoms with Gasteiger partial charge >= 0.3 is 5.97 Å². The third-order valence-corrected chi connectivity index (χ3v) is 3.57. The lowest BCUT2D eigenvalue weighted by Crippen LogP contribution is -2.16. The predicted molar refractivity (Wildman–Crippen MR) is 84.5 cm³/mol. The monoisotopic (exact) mass is 333 g/mol. The molecular formula is C17H19NO6. The highest BCUT2D eigenvalue weighted by Gasteiger charge is 2.18. The fourth-order valence-electron chi connectivity index (χ4n) is 2.21. The van der Waals surface area contributed by atoms with Crippen molar-refractivity contribution < 1.29 is 28.3 Å². The van der Waals surface area contributed by atoms with E-state index in [1.54, 1.807) is 32.0 Å². The van der Waals surface area contributed by atoms with Crippen molar-refractivity contribution in [3.05, 3.63) is 40.8 Å². The van der Waals surface area contributed by atoms with E-state index in [0.717, 1.165) is 0 Å². The van der Waals surface area contributed by atoms with E-state index < -0.39 is 5.97 Å². The number of aromatic nitrogens is 1. The molecule has 128 valence electrons. The summed E-state index contributed by atoms with van der Waals surface area (Å²) in [6, 6.07) is 4.85. The van der Waals surface area contributed by atoms with Crippen molar-refractivity contribution in [2.24, 2.45) is 0 Å². The van der Waals surface area contributed by atoms with Crippen LogP contribution in [0.5, 0.6) is 11.5 Å². The third kappa shape index (κ3) is 3.92. The van der Waals surface area contributed by atoms with E-state index in [1.165, 1.54) is 14.2 Å². The summed E-state index contributed by atoms with van der Waals surface area (Å²) in [4.78, 5) is 24.2. The maximum Gasteiger partial charge on any atom is 0.310 e. The van der Waals surface area contributed by atoms with Gasteiger partial charge in [-0.05, 0) is 32.0 Å². The van der Waals surface area contributed by atoms with Gasteiger partial charge in [-0.25, -0.2) is 0 Å². The number of hydrogen-bond acceptors (Lipinski definition) is 7. The van der Waals surface area contributed by atoms with E-state index in [1.807, 2.05) is 0 Å². The van der Waals surface area contributed by atoms with Crippen molar-refractivity contribution in [3.63, 3.8) is 0 Å². The molecule has 0 spiro atoms. The molecule has 2 rings (SSSR count). The molecule has 0 saturated heterocycles. The quantitative estimate of drug-likeness (QED) is 0.567. The van der Waals surface area contributed by atoms with Gasteiger partial charge in [-0.15, -0.1) is 0 Å². The second kappa shape index (κ2) is 7.63. The highest BCUT2D eigenvalue weighted by atomic mass is 16.5. The molecule has 0 atom stereocenters. The van der Waals surface area contributed by atoms with Crippen molar-refractivity contribution in [3.8, 4) is 11.5 Å². The Morgan fingerprint density at radius 1 is 1.17 bits per heavy atom. The van der Waals surface area contributed by atoms with Gasteiger partial charge in [0.1, 0.15) is 17.3 Å². The number of esters is 1. The Labute approximate surface area is 139 Å². The average Bonchev–Trinajstić information content (AvgIpc) is 2.90. The molecule has 1 heterocycles. The fraction of sp³-hybridized carbons (Fsp3) is 0.353. The zero-order valence-corrected chi connectivity index (χ0v) is 14.0. The normalized spacial score (nSPS) is 10.3. The number of Topliss-reactive ketones (excluding diaryl/α,β-unsaturated/α-hetero) is 1. The molecule has 0 N–H and O–H groups in total. The first-order valence-electron chi connectivity index (χ1n) is 7.28. The number of ketones is 1. The second-order valence-corrected chi connectivity index (χ2v) is 5.13. The molecule has 0 amide bonds. The Morgan fingerprint density at radius 3 is 2.50 bits per heavy atom. The van der Waals surface area contributed by atoms with Crippen LogP contribution >= 0.6 is 0 Å². The van der Waals surface area contributed by atoms with Crippen LogP contribution in [0, 0.1) is 13.8 Å². The summed E-state index contributed by atoms with van der Waals surface area (Å²) in [5.41, 5.74) is 1.60. The van der Waals surface area contributed by atoms with Gasteiger partial charge in [-0.1, -0.05) is 5.16 Å². The van der Waals surface area contributed by atoms with E-state index in [-0.39, 0.29) is 18.8 Å². The average molecular weight is 333 g/mol. The maximum atomic E-state index is 12.3. The molecule has 0 fully saturated rings. The third-order valence-electron chi connectivity index (χ3n) is 3.57. The molecule has 0 aliphatic heterocycles. The number of benzene rings is 1. The van der Waals surface area contributed by atoms with Crippen molar-refractivity contribution in [1.29, 1.82) is 0 Å². The Balaban J connectivity index is 2.01. The fourth-order valence-corrected chi connectivity index (χ4v) is 2.21. The van der Waals surface area contributed by atoms with Gasteiger partial charge in [0.2, 0.25) is 5.78 Å². The van der Waals surface area contributed by atoms with Crippen LogP contribution in [-0.4, -0.2) is 37.7 Å². The lowest BCUT2D eigenvalue weighted by molar-refractivity contribution is -0.141. The summed E-state index contributed by atoms with van der Waals surface area (Å²) < 4.78 is 20.3. The predicted octanol–water partition coefficient (Wildman–Crippen LogP) is 2.28. The van der Waals surface area contributed by atoms with Gasteiger partial charge in [0.25, 0.3) is 0 Å². The van der Waals surface area contributed by atoms with Crippen molar-refractivity contribution in [2.75, 3.05) is 20.8 Å². The van der Waals surface area contributed by atoms with Gasteiger partial charge in [0, 0.05) is 5.56 Å². The molecule has 7 nitrogen and oxygen atoms in total. The Hall–Kier alpha value is -2.83. The van der Waals surface area contributed by atoms with Crippen LogP contribution in [0.3, 0.4) is 0 Å². The first kappa shape index (κ1) is 17.5. The molecule has 0 saturated carbocycles. The van der Waals surface area contributed by atoms with Crippen LogP contribution in [-0.2, 0) is 16.0 Å². The van der Waals surface area contributed by atoms with E-state index >= 15 is 0 Å². The summed E-state index contributed by atoms with van der Waals surface area (Å²) in [6.45, 7) is 3.08. The summed E-state index contributed by atoms with van der Waals surface area (Å²) in [5, 5.41) is 3.77. The van der Waals surface area contributed by atoms with Gasteiger partial charge in [-0.2, -0.15) is 0 Å². The minimum atomic E-state index is -0.528. The highest BCUT2D eigenvalue weighted by Crippen LogP contribution is 2.24. The lowest BCUT2D eigenvalue weighted by atomic mass is 10.1. The Morgan fingerprint density at radius 2 is 1.92 bits per heavy atom. The van der Waals surface area contributed by atoms with Crippen molar-refractivity contribution >= 4 is 11.8 Å². The molecule has 1 aromatic carbocycles. The first-order chi connectivity index (χ1) is 11.5. The van der Waals surface area contributed by atoms with Crippen molar-refractivity contribution in [1.82, 2.24) is 5.16 Å². The van der Waals surface area contributed by atoms with Gasteiger partial charge in [0.05, 0.1) is 31.9 Å². The number of carbonyl (C=O) groups is 2. The molecule has 0 bridgehead atoms. The summed E-state index contributed by atoms with van der Waals surface area (Å²) in [5.74, 6) is 0.562. The summed E-state index contributed by atoms with van der Waals surface area (Å²) in [7, 11) is 2.96. The largest absolute Gasteiger partial charge is 0.497 e. The number of carbonyl (C=O) groups excluding carboxylic acids is 2. The molecule has 0 aliphatic rings. The SMILES string of the molecule is COc1ccc(OC)c(C(=O)COC(=O)Cc2c(C)noc2C)c1. The smallest absolute Gasteiger partial charge is 0.310 e. The zero-order chi connectivity index (χ0) is 17.7. The van der Waals surface area contributed by atoms with Crippen molar-refractivity contribution in [2.45, 2.75) is 20.3 Å².